The van der Waals surface area contributed by atoms with Crippen molar-refractivity contribution in [3.8, 4) is 0 Å². The molecule has 1 fully saturated rings. The van der Waals surface area contributed by atoms with Crippen LogP contribution in [0.4, 0.5) is 4.39 Å². The second-order valence-corrected chi connectivity index (χ2v) is 5.57. The zero-order chi connectivity index (χ0) is 13.8. The first kappa shape index (κ1) is 14.6. The van der Waals surface area contributed by atoms with E-state index >= 15 is 0 Å². The predicted molar refractivity (Wildman–Crippen MR) is 75.1 cm³/mol. The number of hydrogen-bond acceptors (Lipinski definition) is 1. The molecule has 1 amide bonds. The van der Waals surface area contributed by atoms with Gasteiger partial charge in [-0.05, 0) is 30.9 Å². The SMILES string of the molecule is O=C(Cc1c(F)cccc1Cl)N1CCC(CCl)CC1. The Morgan fingerprint density at radius 1 is 1.37 bits per heavy atom. The van der Waals surface area contributed by atoms with Gasteiger partial charge in [-0.15, -0.1) is 11.6 Å². The van der Waals surface area contributed by atoms with Crippen LogP contribution >= 0.6 is 23.2 Å². The summed E-state index contributed by atoms with van der Waals surface area (Å²) in [5, 5.41) is 0.309. The fourth-order valence-corrected chi connectivity index (χ4v) is 2.84. The third-order valence-electron chi connectivity index (χ3n) is 3.58. The molecule has 0 spiro atoms. The lowest BCUT2D eigenvalue weighted by molar-refractivity contribution is -0.131. The number of carbonyl (C=O) groups excluding carboxylic acids is 1. The molecule has 104 valence electrons. The summed E-state index contributed by atoms with van der Waals surface area (Å²) in [7, 11) is 0. The van der Waals surface area contributed by atoms with Crippen LogP contribution in [0, 0.1) is 11.7 Å². The van der Waals surface area contributed by atoms with Crippen molar-refractivity contribution in [2.24, 2.45) is 5.92 Å². The van der Waals surface area contributed by atoms with E-state index in [9.17, 15) is 9.18 Å². The number of halogens is 3. The van der Waals surface area contributed by atoms with Crippen molar-refractivity contribution in [2.75, 3.05) is 19.0 Å². The smallest absolute Gasteiger partial charge is 0.227 e. The third kappa shape index (κ3) is 3.61. The zero-order valence-corrected chi connectivity index (χ0v) is 12.1. The van der Waals surface area contributed by atoms with Gasteiger partial charge in [0.25, 0.3) is 0 Å². The number of alkyl halides is 1. The third-order valence-corrected chi connectivity index (χ3v) is 4.37. The molecule has 5 heteroatoms. The van der Waals surface area contributed by atoms with E-state index < -0.39 is 5.82 Å². The van der Waals surface area contributed by atoms with E-state index in [4.69, 9.17) is 23.2 Å². The van der Waals surface area contributed by atoms with E-state index in [0.29, 0.717) is 29.9 Å². The fourth-order valence-electron chi connectivity index (χ4n) is 2.30. The molecule has 0 unspecified atom stereocenters. The minimum atomic E-state index is -0.420. The molecule has 0 bridgehead atoms. The van der Waals surface area contributed by atoms with Crippen molar-refractivity contribution in [3.63, 3.8) is 0 Å². The van der Waals surface area contributed by atoms with Gasteiger partial charge in [0.05, 0.1) is 6.42 Å². The van der Waals surface area contributed by atoms with Gasteiger partial charge in [-0.2, -0.15) is 0 Å². The van der Waals surface area contributed by atoms with E-state index in [2.05, 4.69) is 0 Å². The average Bonchev–Trinajstić information content (AvgIpc) is 2.43. The molecule has 0 aromatic heterocycles. The summed E-state index contributed by atoms with van der Waals surface area (Å²) in [5.41, 5.74) is 0.286. The van der Waals surface area contributed by atoms with Crippen LogP contribution in [0.5, 0.6) is 0 Å². The van der Waals surface area contributed by atoms with Gasteiger partial charge in [0.2, 0.25) is 5.91 Å². The van der Waals surface area contributed by atoms with Crippen molar-refractivity contribution in [2.45, 2.75) is 19.3 Å². The second kappa shape index (κ2) is 6.58. The Bertz CT molecular complexity index is 439. The first-order valence-electron chi connectivity index (χ1n) is 6.38. The van der Waals surface area contributed by atoms with Crippen molar-refractivity contribution in [3.05, 3.63) is 34.6 Å². The molecular formula is C14H16Cl2FNO. The van der Waals surface area contributed by atoms with Crippen molar-refractivity contribution < 1.29 is 9.18 Å². The Kier molecular flexibility index (Phi) is 5.06. The molecule has 1 saturated heterocycles. The minimum Gasteiger partial charge on any atom is -0.342 e. The Morgan fingerprint density at radius 3 is 2.63 bits per heavy atom. The van der Waals surface area contributed by atoms with Crippen LogP contribution in [0.15, 0.2) is 18.2 Å². The highest BCUT2D eigenvalue weighted by atomic mass is 35.5. The van der Waals surface area contributed by atoms with Crippen molar-refractivity contribution in [1.29, 1.82) is 0 Å². The number of nitrogens with zero attached hydrogens (tertiary/aromatic N) is 1. The van der Waals surface area contributed by atoms with Gasteiger partial charge in [0.1, 0.15) is 5.82 Å². The molecule has 1 aromatic carbocycles. The van der Waals surface area contributed by atoms with Gasteiger partial charge < -0.3 is 4.90 Å². The van der Waals surface area contributed by atoms with Gasteiger partial charge in [0, 0.05) is 29.6 Å². The molecule has 1 aliphatic heterocycles. The zero-order valence-electron chi connectivity index (χ0n) is 10.5. The van der Waals surface area contributed by atoms with Crippen molar-refractivity contribution in [1.82, 2.24) is 4.90 Å². The van der Waals surface area contributed by atoms with Crippen LogP contribution in [0.3, 0.4) is 0 Å². The first-order chi connectivity index (χ1) is 9.11. The van der Waals surface area contributed by atoms with E-state index in [1.54, 1.807) is 11.0 Å². The predicted octanol–water partition coefficient (Wildman–Crippen LogP) is 3.50. The minimum absolute atomic E-state index is 0.0248. The highest BCUT2D eigenvalue weighted by Gasteiger charge is 2.23. The molecular weight excluding hydrogens is 288 g/mol. The lowest BCUT2D eigenvalue weighted by Gasteiger charge is -2.31. The van der Waals surface area contributed by atoms with Crippen LogP contribution in [0.25, 0.3) is 0 Å². The highest BCUT2D eigenvalue weighted by Crippen LogP contribution is 2.22. The number of rotatable bonds is 3. The van der Waals surface area contributed by atoms with Gasteiger partial charge in [-0.25, -0.2) is 4.39 Å². The maximum absolute atomic E-state index is 13.6. The lowest BCUT2D eigenvalue weighted by atomic mass is 9.98. The Morgan fingerprint density at radius 2 is 2.05 bits per heavy atom. The second-order valence-electron chi connectivity index (χ2n) is 4.86. The fraction of sp³-hybridized carbons (Fsp3) is 0.500. The number of piperidine rings is 1. The largest absolute Gasteiger partial charge is 0.342 e. The Hall–Kier alpha value is -0.800. The number of hydrogen-bond donors (Lipinski definition) is 0. The van der Waals surface area contributed by atoms with Crippen LogP contribution in [-0.4, -0.2) is 29.8 Å². The summed E-state index contributed by atoms with van der Waals surface area (Å²) in [4.78, 5) is 13.9. The van der Waals surface area contributed by atoms with E-state index in [1.165, 1.54) is 12.1 Å². The molecule has 0 saturated carbocycles. The summed E-state index contributed by atoms with van der Waals surface area (Å²) in [5.74, 6) is 0.639. The van der Waals surface area contributed by atoms with E-state index in [0.717, 1.165) is 12.8 Å². The molecule has 2 nitrogen and oxygen atoms in total. The molecule has 1 aliphatic rings. The molecule has 0 aliphatic carbocycles. The van der Waals surface area contributed by atoms with Crippen LogP contribution in [-0.2, 0) is 11.2 Å². The number of amides is 1. The van der Waals surface area contributed by atoms with Gasteiger partial charge in [-0.1, -0.05) is 17.7 Å². The quantitative estimate of drug-likeness (QED) is 0.783. The molecule has 2 rings (SSSR count). The van der Waals surface area contributed by atoms with E-state index in [-0.39, 0.29) is 17.9 Å². The summed E-state index contributed by atoms with van der Waals surface area (Å²) in [6.45, 7) is 1.39. The monoisotopic (exact) mass is 303 g/mol. The van der Waals surface area contributed by atoms with Crippen molar-refractivity contribution >= 4 is 29.1 Å². The van der Waals surface area contributed by atoms with Crippen LogP contribution < -0.4 is 0 Å². The number of benzene rings is 1. The maximum Gasteiger partial charge on any atom is 0.227 e. The molecule has 19 heavy (non-hydrogen) atoms. The molecule has 0 atom stereocenters. The lowest BCUT2D eigenvalue weighted by Crippen LogP contribution is -2.39. The first-order valence-corrected chi connectivity index (χ1v) is 7.29. The van der Waals surface area contributed by atoms with Gasteiger partial charge in [0.15, 0.2) is 0 Å². The number of carbonyl (C=O) groups is 1. The summed E-state index contributed by atoms with van der Waals surface area (Å²) in [6.07, 6.45) is 1.86. The average molecular weight is 304 g/mol. The Balaban J connectivity index is 1.98. The highest BCUT2D eigenvalue weighted by molar-refractivity contribution is 6.31. The number of likely N-dealkylation sites (tertiary alicyclic amines) is 1. The molecule has 1 heterocycles. The molecule has 1 aromatic rings. The topological polar surface area (TPSA) is 20.3 Å². The summed E-state index contributed by atoms with van der Waals surface area (Å²) >= 11 is 11.7. The molecule has 0 N–H and O–H groups in total. The summed E-state index contributed by atoms with van der Waals surface area (Å²) < 4.78 is 13.6. The molecule has 0 radical (unpaired) electrons. The van der Waals surface area contributed by atoms with Gasteiger partial charge in [-0.3, -0.25) is 4.79 Å². The van der Waals surface area contributed by atoms with Crippen LogP contribution in [0.2, 0.25) is 5.02 Å². The Labute approximate surface area is 122 Å². The summed E-state index contributed by atoms with van der Waals surface area (Å²) in [6, 6.07) is 4.47. The normalized spacial score (nSPS) is 16.7. The van der Waals surface area contributed by atoms with Crippen LogP contribution in [0.1, 0.15) is 18.4 Å². The van der Waals surface area contributed by atoms with E-state index in [1.807, 2.05) is 0 Å². The standard InChI is InChI=1S/C14H16Cl2FNO/c15-9-10-4-6-18(7-5-10)14(19)8-11-12(16)2-1-3-13(11)17/h1-3,10H,4-9H2. The van der Waals surface area contributed by atoms with Gasteiger partial charge >= 0.3 is 0 Å². The maximum atomic E-state index is 13.6.